The zero-order valence-electron chi connectivity index (χ0n) is 53.9. The Morgan fingerprint density at radius 2 is 1.03 bits per heavy atom. The van der Waals surface area contributed by atoms with E-state index in [0.29, 0.717) is 32.1 Å². The second-order valence-electron chi connectivity index (χ2n) is 30.6. The number of carbonyl (C=O) groups is 1. The molecule has 0 amide bonds. The summed E-state index contributed by atoms with van der Waals surface area (Å²) in [7, 11) is 0. The van der Waals surface area contributed by atoms with Gasteiger partial charge in [-0.2, -0.15) is 0 Å². The third kappa shape index (κ3) is 12.3. The second-order valence-corrected chi connectivity index (χ2v) is 30.6. The monoisotopic (exact) mass is 1340 g/mol. The van der Waals surface area contributed by atoms with Crippen molar-refractivity contribution in [3.63, 3.8) is 0 Å². The van der Waals surface area contributed by atoms with E-state index in [4.69, 9.17) is 56.8 Å². The van der Waals surface area contributed by atoms with Gasteiger partial charge in [0.05, 0.1) is 56.8 Å². The van der Waals surface area contributed by atoms with Crippen LogP contribution >= 0.6 is 0 Å². The molecule has 0 aromatic heterocycles. The van der Waals surface area contributed by atoms with E-state index in [1.807, 2.05) is 13.8 Å². The predicted molar refractivity (Wildman–Crippen MR) is 310 cm³/mol. The van der Waals surface area contributed by atoms with Crippen molar-refractivity contribution in [1.82, 2.24) is 0 Å². The lowest BCUT2D eigenvalue weighted by Gasteiger charge is -2.71. The standard InChI is InChI=1S/C63H102O30/c1-24-36(69)39(72)43(76)54(85-24)91-47-29(19-64)86-55(44(77)40(47)73)92-49-31(88-51-41(74)37(70)27(66)21-82-51)23-84-53(46(49)79)93-50-45(78)48(90-52-42(75)38(71)28(67)22-83-52)30(20-65)87-56(50)89-35-12-13-60(6)32(59(35,4)5)11-14-62(8)33(60)10-9-25-26-17-58(2,3)34(68)18-63(26,57(80)81)16-15-61(25,62)7/h9,24,26-56,64-79H,10-23H2,1-8H3,(H,80,81). The Labute approximate surface area is 539 Å². The van der Waals surface area contributed by atoms with Gasteiger partial charge in [-0.1, -0.05) is 60.1 Å². The summed E-state index contributed by atoms with van der Waals surface area (Å²) in [5, 5.41) is 188. The van der Waals surface area contributed by atoms with Crippen molar-refractivity contribution in [2.45, 2.75) is 291 Å². The number of hydrogen-bond donors (Lipinski definition) is 17. The van der Waals surface area contributed by atoms with Crippen LogP contribution in [-0.2, 0) is 61.6 Å². The highest BCUT2D eigenvalue weighted by Gasteiger charge is 2.71. The molecule has 36 unspecified atom stereocenters. The molecule has 4 saturated carbocycles. The summed E-state index contributed by atoms with van der Waals surface area (Å²) < 4.78 is 73.1. The molecule has 6 heterocycles. The van der Waals surface area contributed by atoms with Crippen molar-refractivity contribution in [1.29, 1.82) is 0 Å². The normalized spacial score (nSPS) is 54.7. The highest BCUT2D eigenvalue weighted by Crippen LogP contribution is 2.76. The summed E-state index contributed by atoms with van der Waals surface area (Å²) in [6.45, 7) is 13.2. The maximum absolute atomic E-state index is 13.4. The van der Waals surface area contributed by atoms with Gasteiger partial charge in [0, 0.05) is 0 Å². The number of aliphatic carboxylic acids is 1. The van der Waals surface area contributed by atoms with Gasteiger partial charge >= 0.3 is 5.97 Å². The summed E-state index contributed by atoms with van der Waals surface area (Å²) in [5.74, 6) is -0.945. The second kappa shape index (κ2) is 26.9. The van der Waals surface area contributed by atoms with Gasteiger partial charge in [0.25, 0.3) is 0 Å². The number of allylic oxidation sites excluding steroid dienone is 2. The summed E-state index contributed by atoms with van der Waals surface area (Å²) in [4.78, 5) is 13.4. The van der Waals surface area contributed by atoms with Gasteiger partial charge in [-0.05, 0) is 110 Å². The molecule has 0 spiro atoms. The van der Waals surface area contributed by atoms with Crippen LogP contribution < -0.4 is 0 Å². The van der Waals surface area contributed by atoms with E-state index in [2.05, 4.69) is 40.7 Å². The van der Waals surface area contributed by atoms with E-state index in [1.165, 1.54) is 12.5 Å². The molecule has 30 heteroatoms. The molecule has 11 aliphatic rings. The average Bonchev–Trinajstić information content (AvgIpc) is 0.676. The summed E-state index contributed by atoms with van der Waals surface area (Å²) in [6.07, 6.45) is -41.2. The molecule has 17 N–H and O–H groups in total. The van der Waals surface area contributed by atoms with Crippen LogP contribution in [0.2, 0.25) is 0 Å². The van der Waals surface area contributed by atoms with Gasteiger partial charge in [0.2, 0.25) is 0 Å². The highest BCUT2D eigenvalue weighted by molar-refractivity contribution is 5.77. The molecule has 0 bridgehead atoms. The van der Waals surface area contributed by atoms with Crippen molar-refractivity contribution in [2.75, 3.05) is 33.0 Å². The lowest BCUT2D eigenvalue weighted by molar-refractivity contribution is -0.402. The first-order valence-corrected chi connectivity index (χ1v) is 33.0. The molecule has 6 aliphatic heterocycles. The van der Waals surface area contributed by atoms with Crippen LogP contribution in [0.4, 0.5) is 0 Å². The van der Waals surface area contributed by atoms with Crippen LogP contribution in [0.3, 0.4) is 0 Å². The Kier molecular flexibility index (Phi) is 20.9. The number of hydrogen-bond acceptors (Lipinski definition) is 29. The molecule has 30 nitrogen and oxygen atoms in total. The number of rotatable bonds is 15. The van der Waals surface area contributed by atoms with E-state index in [9.17, 15) is 91.6 Å². The first-order chi connectivity index (χ1) is 43.6. The number of aliphatic hydroxyl groups is 16. The van der Waals surface area contributed by atoms with E-state index in [-0.39, 0.29) is 40.4 Å². The van der Waals surface area contributed by atoms with Gasteiger partial charge in [-0.3, -0.25) is 4.79 Å². The molecule has 10 fully saturated rings. The van der Waals surface area contributed by atoms with E-state index < -0.39 is 233 Å². The van der Waals surface area contributed by atoms with E-state index in [1.54, 1.807) is 0 Å². The van der Waals surface area contributed by atoms with Gasteiger partial charge in [-0.25, -0.2) is 0 Å². The summed E-state index contributed by atoms with van der Waals surface area (Å²) in [6, 6.07) is 0. The Morgan fingerprint density at radius 3 is 1.66 bits per heavy atom. The fourth-order valence-electron chi connectivity index (χ4n) is 18.7. The average molecular weight is 1340 g/mol. The Morgan fingerprint density at radius 1 is 0.505 bits per heavy atom. The van der Waals surface area contributed by atoms with Crippen molar-refractivity contribution in [3.8, 4) is 0 Å². The quantitative estimate of drug-likeness (QED) is 0.0550. The summed E-state index contributed by atoms with van der Waals surface area (Å²) >= 11 is 0. The van der Waals surface area contributed by atoms with Crippen LogP contribution in [0.25, 0.3) is 0 Å². The molecule has 36 atom stereocenters. The zero-order valence-corrected chi connectivity index (χ0v) is 53.9. The van der Waals surface area contributed by atoms with E-state index in [0.717, 1.165) is 19.3 Å². The minimum atomic E-state index is -2.13. The van der Waals surface area contributed by atoms with Gasteiger partial charge in [-0.15, -0.1) is 0 Å². The van der Waals surface area contributed by atoms with Crippen LogP contribution in [0.15, 0.2) is 11.6 Å². The minimum Gasteiger partial charge on any atom is -0.481 e. The number of aliphatic hydroxyl groups excluding tert-OH is 16. The van der Waals surface area contributed by atoms with Gasteiger partial charge < -0.3 is 144 Å². The van der Waals surface area contributed by atoms with Crippen LogP contribution in [0.5, 0.6) is 0 Å². The molecule has 5 aliphatic carbocycles. The fourth-order valence-corrected chi connectivity index (χ4v) is 18.7. The Hall–Kier alpha value is -1.91. The van der Waals surface area contributed by atoms with Gasteiger partial charge in [0.15, 0.2) is 37.7 Å². The SMILES string of the molecule is CC1OC(OC2C(CO)OC(OC3C(OC4OCC(O)C(O)C4O)COC(OC4C(OC5CCC6(C)C(CCC7(C)C6CC=C6C8CC(C)(C)C(O)CC8(C(=O)O)CCC67C)C5(C)C)OC(CO)C(OC5OCC(O)C(O)C5O)C4O)C3O)C(O)C2O)C(O)C(O)C1O. The molecule has 6 saturated heterocycles. The maximum Gasteiger partial charge on any atom is 0.310 e. The smallest absolute Gasteiger partial charge is 0.310 e. The van der Waals surface area contributed by atoms with Crippen molar-refractivity contribution in [2.24, 2.45) is 50.2 Å². The third-order valence-corrected chi connectivity index (χ3v) is 24.7. The number of fused-ring (bicyclic) bond motifs is 7. The van der Waals surface area contributed by atoms with Crippen LogP contribution in [-0.4, -0.2) is 304 Å². The Bertz CT molecular complexity index is 2620. The zero-order chi connectivity index (χ0) is 67.7. The van der Waals surface area contributed by atoms with Crippen molar-refractivity contribution in [3.05, 3.63) is 11.6 Å². The fraction of sp³-hybridized carbons (Fsp3) is 0.952. The predicted octanol–water partition coefficient (Wildman–Crippen LogP) is -3.91. The van der Waals surface area contributed by atoms with Crippen LogP contribution in [0.1, 0.15) is 113 Å². The molecular weight excluding hydrogens is 1240 g/mol. The minimum absolute atomic E-state index is 0.00508. The molecule has 534 valence electrons. The van der Waals surface area contributed by atoms with Crippen molar-refractivity contribution < 1.29 is 148 Å². The van der Waals surface area contributed by atoms with Crippen LogP contribution in [0, 0.1) is 50.2 Å². The first kappa shape index (κ1) is 72.3. The molecule has 93 heavy (non-hydrogen) atoms. The molecule has 0 radical (unpaired) electrons. The largest absolute Gasteiger partial charge is 0.481 e. The summed E-state index contributed by atoms with van der Waals surface area (Å²) in [5.41, 5.74) is -1.92. The molecule has 0 aromatic carbocycles. The topological polar surface area (TPSA) is 472 Å². The highest BCUT2D eigenvalue weighted by atomic mass is 16.8. The lowest BCUT2D eigenvalue weighted by Crippen LogP contribution is -2.68. The first-order valence-electron chi connectivity index (χ1n) is 33.0. The molecule has 0 aromatic rings. The number of ether oxygens (including phenoxy) is 12. The van der Waals surface area contributed by atoms with Gasteiger partial charge in [0.1, 0.15) is 122 Å². The van der Waals surface area contributed by atoms with E-state index >= 15 is 0 Å². The maximum atomic E-state index is 13.4. The van der Waals surface area contributed by atoms with Crippen molar-refractivity contribution >= 4 is 5.97 Å². The lowest BCUT2D eigenvalue weighted by atomic mass is 9.33. The molecule has 11 rings (SSSR count). The number of carboxylic acid groups (broad SMARTS) is 1. The third-order valence-electron chi connectivity index (χ3n) is 24.7. The Balaban J connectivity index is 0.873. The number of carboxylic acids is 1. The molecular formula is C63H102O30.